The molecule has 1 aromatic carbocycles. The molecular weight excluding hydrogens is 346 g/mol. The number of amides is 1. The van der Waals surface area contributed by atoms with E-state index in [2.05, 4.69) is 17.1 Å². The van der Waals surface area contributed by atoms with E-state index in [1.807, 2.05) is 48.2 Å². The lowest BCUT2D eigenvalue weighted by Gasteiger charge is -2.29. The lowest BCUT2D eigenvalue weighted by atomic mass is 9.99. The lowest BCUT2D eigenvalue weighted by Crippen LogP contribution is -2.37. The van der Waals surface area contributed by atoms with Crippen LogP contribution >= 0.6 is 11.3 Å². The van der Waals surface area contributed by atoms with Crippen molar-refractivity contribution in [3.05, 3.63) is 46.8 Å². The molecule has 6 heteroatoms. The van der Waals surface area contributed by atoms with Crippen molar-refractivity contribution in [2.45, 2.75) is 26.7 Å². The Kier molecular flexibility index (Phi) is 4.59. The van der Waals surface area contributed by atoms with Gasteiger partial charge in [-0.25, -0.2) is 0 Å². The molecule has 5 nitrogen and oxygen atoms in total. The Labute approximate surface area is 156 Å². The monoisotopic (exact) mass is 367 g/mol. The average Bonchev–Trinajstić information content (AvgIpc) is 3.32. The fraction of sp³-hybridized carbons (Fsp3) is 0.350. The normalized spacial score (nSPS) is 15.4. The van der Waals surface area contributed by atoms with Crippen LogP contribution in [-0.2, 0) is 0 Å². The minimum Gasteiger partial charge on any atom is -0.338 e. The van der Waals surface area contributed by atoms with Crippen LogP contribution in [0.1, 0.15) is 35.0 Å². The van der Waals surface area contributed by atoms with Crippen molar-refractivity contribution in [1.29, 1.82) is 0 Å². The van der Waals surface area contributed by atoms with E-state index in [-0.39, 0.29) is 5.91 Å². The summed E-state index contributed by atoms with van der Waals surface area (Å²) in [4.78, 5) is 20.7. The van der Waals surface area contributed by atoms with Crippen molar-refractivity contribution in [3.8, 4) is 22.2 Å². The predicted octanol–water partition coefficient (Wildman–Crippen LogP) is 4.65. The van der Waals surface area contributed by atoms with Crippen LogP contribution in [0.15, 0.2) is 40.9 Å². The third kappa shape index (κ3) is 3.42. The molecule has 0 saturated carbocycles. The molecule has 3 aromatic rings. The molecule has 3 heterocycles. The van der Waals surface area contributed by atoms with Gasteiger partial charge in [-0.05, 0) is 49.9 Å². The summed E-state index contributed by atoms with van der Waals surface area (Å²) >= 11 is 1.42. The molecule has 0 spiro atoms. The van der Waals surface area contributed by atoms with E-state index in [9.17, 15) is 4.79 Å². The molecule has 1 aliphatic heterocycles. The Morgan fingerprint density at radius 1 is 1.15 bits per heavy atom. The molecule has 0 N–H and O–H groups in total. The summed E-state index contributed by atoms with van der Waals surface area (Å²) in [5.74, 6) is 1.83. The zero-order valence-electron chi connectivity index (χ0n) is 14.9. The van der Waals surface area contributed by atoms with Crippen molar-refractivity contribution in [1.82, 2.24) is 15.0 Å². The number of aryl methyl sites for hydroxylation is 1. The summed E-state index contributed by atoms with van der Waals surface area (Å²) in [5, 5.41) is 4.08. The van der Waals surface area contributed by atoms with Crippen molar-refractivity contribution in [3.63, 3.8) is 0 Å². The molecule has 26 heavy (non-hydrogen) atoms. The van der Waals surface area contributed by atoms with Crippen LogP contribution in [0.2, 0.25) is 0 Å². The predicted molar refractivity (Wildman–Crippen MR) is 102 cm³/mol. The van der Waals surface area contributed by atoms with Gasteiger partial charge in [-0.3, -0.25) is 4.79 Å². The highest BCUT2D eigenvalue weighted by atomic mass is 32.1. The van der Waals surface area contributed by atoms with Gasteiger partial charge in [0, 0.05) is 18.7 Å². The largest absolute Gasteiger partial charge is 0.338 e. The molecule has 1 amide bonds. The number of hydrogen-bond donors (Lipinski definition) is 0. The molecule has 0 unspecified atom stereocenters. The maximum atomic E-state index is 12.7. The van der Waals surface area contributed by atoms with Gasteiger partial charge >= 0.3 is 0 Å². The van der Waals surface area contributed by atoms with Crippen LogP contribution in [0.25, 0.3) is 22.2 Å². The van der Waals surface area contributed by atoms with Gasteiger partial charge in [0.25, 0.3) is 11.8 Å². The van der Waals surface area contributed by atoms with Crippen LogP contribution in [0.5, 0.6) is 0 Å². The van der Waals surface area contributed by atoms with Crippen LogP contribution in [0, 0.1) is 12.8 Å². The smallest absolute Gasteiger partial charge is 0.263 e. The topological polar surface area (TPSA) is 59.2 Å². The van der Waals surface area contributed by atoms with Gasteiger partial charge in [0.05, 0.1) is 9.75 Å². The van der Waals surface area contributed by atoms with Gasteiger partial charge in [-0.2, -0.15) is 4.98 Å². The second-order valence-corrected chi connectivity index (χ2v) is 8.01. The summed E-state index contributed by atoms with van der Waals surface area (Å²) in [6, 6.07) is 11.7. The van der Waals surface area contributed by atoms with Crippen molar-refractivity contribution in [2.24, 2.45) is 5.92 Å². The Hall–Kier alpha value is -2.47. The van der Waals surface area contributed by atoms with E-state index in [4.69, 9.17) is 4.52 Å². The second-order valence-electron chi connectivity index (χ2n) is 6.93. The molecule has 4 rings (SSSR count). The zero-order valence-corrected chi connectivity index (χ0v) is 15.8. The van der Waals surface area contributed by atoms with Crippen LogP contribution in [-0.4, -0.2) is 34.0 Å². The first-order chi connectivity index (χ1) is 12.6. The molecule has 0 aliphatic carbocycles. The van der Waals surface area contributed by atoms with Crippen molar-refractivity contribution in [2.75, 3.05) is 13.1 Å². The quantitative estimate of drug-likeness (QED) is 0.676. The number of aromatic nitrogens is 2. The molecule has 134 valence electrons. The van der Waals surface area contributed by atoms with Crippen LogP contribution in [0.3, 0.4) is 0 Å². The molecular formula is C20H21N3O2S. The summed E-state index contributed by atoms with van der Waals surface area (Å²) in [6.45, 7) is 5.96. The highest BCUT2D eigenvalue weighted by Gasteiger charge is 2.23. The lowest BCUT2D eigenvalue weighted by molar-refractivity contribution is 0.0702. The van der Waals surface area contributed by atoms with Crippen molar-refractivity contribution >= 4 is 17.2 Å². The van der Waals surface area contributed by atoms with E-state index in [0.29, 0.717) is 17.6 Å². The number of thiophene rings is 1. The molecule has 1 fully saturated rings. The van der Waals surface area contributed by atoms with E-state index in [1.54, 1.807) is 0 Å². The number of rotatable bonds is 3. The van der Waals surface area contributed by atoms with Gasteiger partial charge in [0.2, 0.25) is 5.82 Å². The summed E-state index contributed by atoms with van der Waals surface area (Å²) in [7, 11) is 0. The molecule has 0 atom stereocenters. The number of benzene rings is 1. The third-order valence-electron chi connectivity index (χ3n) is 4.83. The number of carbonyl (C=O) groups excluding carboxylic acids is 1. The van der Waals surface area contributed by atoms with E-state index in [1.165, 1.54) is 16.9 Å². The first kappa shape index (κ1) is 17.0. The Balaban J connectivity index is 1.51. The summed E-state index contributed by atoms with van der Waals surface area (Å²) in [5.41, 5.74) is 2.08. The Morgan fingerprint density at radius 2 is 1.88 bits per heavy atom. The van der Waals surface area contributed by atoms with Gasteiger partial charge in [-0.1, -0.05) is 29.8 Å². The number of hydrogen-bond acceptors (Lipinski definition) is 5. The SMILES string of the molecule is Cc1ccc(-c2nc(-c3ccc(C(=O)N4CCC(C)CC4)s3)no2)cc1. The van der Waals surface area contributed by atoms with Gasteiger partial charge in [0.15, 0.2) is 0 Å². The highest BCUT2D eigenvalue weighted by Crippen LogP contribution is 2.29. The van der Waals surface area contributed by atoms with Gasteiger partial charge in [-0.15, -0.1) is 11.3 Å². The Bertz CT molecular complexity index is 905. The standard InChI is InChI=1S/C20H21N3O2S/c1-13-3-5-15(6-4-13)19-21-18(22-25-19)16-7-8-17(26-16)20(24)23-11-9-14(2)10-12-23/h3-8,14H,9-12H2,1-2H3. The second kappa shape index (κ2) is 7.03. The maximum Gasteiger partial charge on any atom is 0.263 e. The Morgan fingerprint density at radius 3 is 2.62 bits per heavy atom. The van der Waals surface area contributed by atoms with Gasteiger partial charge < -0.3 is 9.42 Å². The van der Waals surface area contributed by atoms with Crippen LogP contribution < -0.4 is 0 Å². The number of carbonyl (C=O) groups is 1. The molecule has 0 bridgehead atoms. The third-order valence-corrected chi connectivity index (χ3v) is 5.90. The minimum atomic E-state index is 0.107. The fourth-order valence-corrected chi connectivity index (χ4v) is 3.98. The first-order valence-electron chi connectivity index (χ1n) is 8.90. The summed E-state index contributed by atoms with van der Waals surface area (Å²) < 4.78 is 5.39. The number of likely N-dealkylation sites (tertiary alicyclic amines) is 1. The number of nitrogens with zero attached hydrogens (tertiary/aromatic N) is 3. The zero-order chi connectivity index (χ0) is 18.1. The summed E-state index contributed by atoms with van der Waals surface area (Å²) in [6.07, 6.45) is 2.16. The van der Waals surface area contributed by atoms with Crippen LogP contribution in [0.4, 0.5) is 0 Å². The van der Waals surface area contributed by atoms with Gasteiger partial charge in [0.1, 0.15) is 0 Å². The van der Waals surface area contributed by atoms with E-state index in [0.717, 1.165) is 41.2 Å². The van der Waals surface area contributed by atoms with E-state index < -0.39 is 0 Å². The molecule has 0 radical (unpaired) electrons. The molecule has 2 aromatic heterocycles. The highest BCUT2D eigenvalue weighted by molar-refractivity contribution is 7.17. The fourth-order valence-electron chi connectivity index (χ4n) is 3.08. The minimum absolute atomic E-state index is 0.107. The van der Waals surface area contributed by atoms with E-state index >= 15 is 0 Å². The number of piperidine rings is 1. The first-order valence-corrected chi connectivity index (χ1v) is 9.72. The average molecular weight is 367 g/mol. The maximum absolute atomic E-state index is 12.7. The molecule has 1 saturated heterocycles. The molecule has 1 aliphatic rings. The van der Waals surface area contributed by atoms with Crippen molar-refractivity contribution < 1.29 is 9.32 Å².